The molecule has 0 bridgehead atoms. The standard InChI is InChI=1S/C19H25NO/c1-19(2,3)20-14-13-16-9-11-18(12-10-16)21-15-17-7-5-4-6-8-17/h4-12,20H,13-15H2,1-3H3. The van der Waals surface area contributed by atoms with Crippen molar-refractivity contribution in [2.75, 3.05) is 6.54 Å². The van der Waals surface area contributed by atoms with Crippen LogP contribution in [-0.4, -0.2) is 12.1 Å². The molecule has 0 unspecified atom stereocenters. The predicted octanol–water partition coefficient (Wildman–Crippen LogP) is 4.20. The van der Waals surface area contributed by atoms with E-state index in [0.29, 0.717) is 6.61 Å². The van der Waals surface area contributed by atoms with E-state index in [1.807, 2.05) is 18.2 Å². The molecule has 2 heteroatoms. The molecule has 1 N–H and O–H groups in total. The average molecular weight is 283 g/mol. The second-order valence-electron chi connectivity index (χ2n) is 6.35. The lowest BCUT2D eigenvalue weighted by molar-refractivity contribution is 0.306. The minimum atomic E-state index is 0.179. The van der Waals surface area contributed by atoms with Crippen LogP contribution in [0.2, 0.25) is 0 Å². The van der Waals surface area contributed by atoms with Gasteiger partial charge in [-0.1, -0.05) is 42.5 Å². The highest BCUT2D eigenvalue weighted by molar-refractivity contribution is 5.28. The van der Waals surface area contributed by atoms with Crippen molar-refractivity contribution in [3.63, 3.8) is 0 Å². The minimum absolute atomic E-state index is 0.179. The van der Waals surface area contributed by atoms with Crippen LogP contribution in [0.3, 0.4) is 0 Å². The molecule has 0 saturated heterocycles. The summed E-state index contributed by atoms with van der Waals surface area (Å²) in [6.45, 7) is 8.17. The highest BCUT2D eigenvalue weighted by Crippen LogP contribution is 2.14. The average Bonchev–Trinajstić information content (AvgIpc) is 2.46. The van der Waals surface area contributed by atoms with Crippen molar-refractivity contribution < 1.29 is 4.74 Å². The molecule has 2 aromatic carbocycles. The summed E-state index contributed by atoms with van der Waals surface area (Å²) in [7, 11) is 0. The van der Waals surface area contributed by atoms with Gasteiger partial charge in [-0.2, -0.15) is 0 Å². The molecule has 0 aliphatic rings. The first-order chi connectivity index (χ1) is 10.0. The molecule has 0 aromatic heterocycles. The predicted molar refractivity (Wildman–Crippen MR) is 88.7 cm³/mol. The number of ether oxygens (including phenoxy) is 1. The van der Waals surface area contributed by atoms with Crippen molar-refractivity contribution >= 4 is 0 Å². The van der Waals surface area contributed by atoms with Crippen LogP contribution >= 0.6 is 0 Å². The summed E-state index contributed by atoms with van der Waals surface area (Å²) in [5.41, 5.74) is 2.70. The van der Waals surface area contributed by atoms with Crippen LogP contribution in [0.4, 0.5) is 0 Å². The van der Waals surface area contributed by atoms with Gasteiger partial charge < -0.3 is 10.1 Å². The molecule has 21 heavy (non-hydrogen) atoms. The molecule has 0 aliphatic carbocycles. The minimum Gasteiger partial charge on any atom is -0.489 e. The van der Waals surface area contributed by atoms with Crippen molar-refractivity contribution in [2.45, 2.75) is 39.3 Å². The lowest BCUT2D eigenvalue weighted by Crippen LogP contribution is -2.37. The number of benzene rings is 2. The van der Waals surface area contributed by atoms with Crippen LogP contribution in [0.5, 0.6) is 5.75 Å². The first kappa shape index (κ1) is 15.6. The Kier molecular flexibility index (Phi) is 5.40. The van der Waals surface area contributed by atoms with Gasteiger partial charge in [0.15, 0.2) is 0 Å². The topological polar surface area (TPSA) is 21.3 Å². The number of nitrogens with one attached hydrogen (secondary N) is 1. The monoisotopic (exact) mass is 283 g/mol. The normalized spacial score (nSPS) is 11.4. The third kappa shape index (κ3) is 6.01. The van der Waals surface area contributed by atoms with Crippen molar-refractivity contribution in [1.82, 2.24) is 5.32 Å². The first-order valence-electron chi connectivity index (χ1n) is 7.54. The summed E-state index contributed by atoms with van der Waals surface area (Å²) in [6, 6.07) is 18.6. The van der Waals surface area contributed by atoms with Gasteiger partial charge in [0.1, 0.15) is 12.4 Å². The molecule has 2 rings (SSSR count). The zero-order chi connectivity index (χ0) is 15.1. The van der Waals surface area contributed by atoms with E-state index in [9.17, 15) is 0 Å². The summed E-state index contributed by atoms with van der Waals surface area (Å²) in [4.78, 5) is 0. The molecule has 112 valence electrons. The highest BCUT2D eigenvalue weighted by atomic mass is 16.5. The molecule has 2 aromatic rings. The van der Waals surface area contributed by atoms with Crippen molar-refractivity contribution in [3.05, 3.63) is 65.7 Å². The Labute approximate surface area is 128 Å². The molecule has 0 amide bonds. The Morgan fingerprint density at radius 3 is 2.14 bits per heavy atom. The van der Waals surface area contributed by atoms with E-state index in [1.54, 1.807) is 0 Å². The lowest BCUT2D eigenvalue weighted by Gasteiger charge is -2.20. The fourth-order valence-corrected chi connectivity index (χ4v) is 2.08. The molecule has 0 atom stereocenters. The number of hydrogen-bond acceptors (Lipinski definition) is 2. The molecule has 0 saturated carbocycles. The van der Waals surface area contributed by atoms with Crippen LogP contribution in [0.15, 0.2) is 54.6 Å². The van der Waals surface area contributed by atoms with Gasteiger partial charge in [0.25, 0.3) is 0 Å². The number of rotatable bonds is 6. The van der Waals surface area contributed by atoms with E-state index in [4.69, 9.17) is 4.74 Å². The Morgan fingerprint density at radius 1 is 0.857 bits per heavy atom. The second kappa shape index (κ2) is 7.28. The Bertz CT molecular complexity index is 526. The maximum absolute atomic E-state index is 5.79. The maximum atomic E-state index is 5.79. The summed E-state index contributed by atoms with van der Waals surface area (Å²) in [5.74, 6) is 0.923. The molecule has 2 nitrogen and oxygen atoms in total. The Morgan fingerprint density at radius 2 is 1.52 bits per heavy atom. The van der Waals surface area contributed by atoms with E-state index < -0.39 is 0 Å². The van der Waals surface area contributed by atoms with E-state index in [-0.39, 0.29) is 5.54 Å². The van der Waals surface area contributed by atoms with Crippen LogP contribution in [0.1, 0.15) is 31.9 Å². The number of hydrogen-bond donors (Lipinski definition) is 1. The van der Waals surface area contributed by atoms with Gasteiger partial charge in [-0.25, -0.2) is 0 Å². The zero-order valence-corrected chi connectivity index (χ0v) is 13.2. The van der Waals surface area contributed by atoms with Crippen molar-refractivity contribution in [2.24, 2.45) is 0 Å². The molecule has 0 heterocycles. The highest BCUT2D eigenvalue weighted by Gasteiger charge is 2.07. The van der Waals surface area contributed by atoms with E-state index in [0.717, 1.165) is 18.7 Å². The zero-order valence-electron chi connectivity index (χ0n) is 13.2. The third-order valence-electron chi connectivity index (χ3n) is 3.24. The maximum Gasteiger partial charge on any atom is 0.119 e. The van der Waals surface area contributed by atoms with Crippen LogP contribution in [0.25, 0.3) is 0 Å². The fraction of sp³-hybridized carbons (Fsp3) is 0.368. The smallest absolute Gasteiger partial charge is 0.119 e. The molecule has 0 aliphatic heterocycles. The van der Waals surface area contributed by atoms with E-state index in [2.05, 4.69) is 62.5 Å². The van der Waals surface area contributed by atoms with E-state index in [1.165, 1.54) is 11.1 Å². The Hall–Kier alpha value is -1.80. The fourth-order valence-electron chi connectivity index (χ4n) is 2.08. The quantitative estimate of drug-likeness (QED) is 0.858. The van der Waals surface area contributed by atoms with Gasteiger partial charge in [-0.05, 0) is 57.0 Å². The summed E-state index contributed by atoms with van der Waals surface area (Å²) < 4.78 is 5.79. The summed E-state index contributed by atoms with van der Waals surface area (Å²) >= 11 is 0. The third-order valence-corrected chi connectivity index (χ3v) is 3.24. The van der Waals surface area contributed by atoms with Gasteiger partial charge in [0.05, 0.1) is 0 Å². The summed E-state index contributed by atoms with van der Waals surface area (Å²) in [6.07, 6.45) is 1.04. The van der Waals surface area contributed by atoms with Crippen molar-refractivity contribution in [3.8, 4) is 5.75 Å². The SMILES string of the molecule is CC(C)(C)NCCc1ccc(OCc2ccccc2)cc1. The Balaban J connectivity index is 1.79. The van der Waals surface area contributed by atoms with Gasteiger partial charge >= 0.3 is 0 Å². The first-order valence-corrected chi connectivity index (χ1v) is 7.54. The van der Waals surface area contributed by atoms with Gasteiger partial charge in [-0.15, -0.1) is 0 Å². The molecule has 0 spiro atoms. The van der Waals surface area contributed by atoms with Crippen LogP contribution in [-0.2, 0) is 13.0 Å². The largest absolute Gasteiger partial charge is 0.489 e. The van der Waals surface area contributed by atoms with E-state index >= 15 is 0 Å². The van der Waals surface area contributed by atoms with Crippen LogP contribution in [0, 0.1) is 0 Å². The van der Waals surface area contributed by atoms with Gasteiger partial charge in [0.2, 0.25) is 0 Å². The van der Waals surface area contributed by atoms with Crippen molar-refractivity contribution in [1.29, 1.82) is 0 Å². The molecule has 0 fully saturated rings. The second-order valence-corrected chi connectivity index (χ2v) is 6.35. The van der Waals surface area contributed by atoms with Gasteiger partial charge in [0, 0.05) is 5.54 Å². The summed E-state index contributed by atoms with van der Waals surface area (Å²) in [5, 5.41) is 3.50. The lowest BCUT2D eigenvalue weighted by atomic mass is 10.1. The molecule has 0 radical (unpaired) electrons. The molecular formula is C19H25NO. The molecular weight excluding hydrogens is 258 g/mol. The van der Waals surface area contributed by atoms with Crippen LogP contribution < -0.4 is 10.1 Å². The van der Waals surface area contributed by atoms with Gasteiger partial charge in [-0.3, -0.25) is 0 Å².